The quantitative estimate of drug-likeness (QED) is 0.335. The molecule has 10 nitrogen and oxygen atoms in total. The second kappa shape index (κ2) is 15.1. The highest BCUT2D eigenvalue weighted by Crippen LogP contribution is 2.29. The van der Waals surface area contributed by atoms with Crippen molar-refractivity contribution in [3.63, 3.8) is 0 Å². The zero-order chi connectivity index (χ0) is 32.7. The van der Waals surface area contributed by atoms with Crippen molar-refractivity contribution in [1.82, 2.24) is 25.3 Å². The second-order valence-corrected chi connectivity index (χ2v) is 13.8. The predicted octanol–water partition coefficient (Wildman–Crippen LogP) is 2.66. The Morgan fingerprint density at radius 3 is 2.14 bits per heavy atom. The Kier molecular flexibility index (Phi) is 12.8. The maximum atomic E-state index is 14.1. The fraction of sp³-hybridized carbons (Fsp3) is 0.697. The number of nitrogens with zero attached hydrogens (tertiary/aromatic N) is 3. The molecule has 0 aliphatic carbocycles. The highest BCUT2D eigenvalue weighted by atomic mass is 16.5. The van der Waals surface area contributed by atoms with Gasteiger partial charge in [-0.1, -0.05) is 78.8 Å². The Morgan fingerprint density at radius 1 is 1.02 bits per heavy atom. The van der Waals surface area contributed by atoms with Crippen molar-refractivity contribution in [2.24, 2.45) is 11.3 Å². The number of hydrogen-bond acceptors (Lipinski definition) is 7. The first-order valence-corrected chi connectivity index (χ1v) is 15.3. The molecule has 242 valence electrons. The number of carbonyl (C=O) groups is 4. The Labute approximate surface area is 258 Å². The monoisotopic (exact) mass is 601 g/mol. The van der Waals surface area contributed by atoms with Crippen molar-refractivity contribution in [2.75, 3.05) is 47.9 Å². The van der Waals surface area contributed by atoms with Crippen molar-refractivity contribution in [1.29, 1.82) is 0 Å². The number of methoxy groups -OCH3 is 1. The molecule has 0 spiro atoms. The van der Waals surface area contributed by atoms with E-state index in [-0.39, 0.29) is 42.2 Å². The highest BCUT2D eigenvalue weighted by molar-refractivity contribution is 5.91. The van der Waals surface area contributed by atoms with E-state index in [1.165, 1.54) is 7.11 Å². The Morgan fingerprint density at radius 2 is 1.63 bits per heavy atom. The van der Waals surface area contributed by atoms with E-state index >= 15 is 0 Å². The van der Waals surface area contributed by atoms with Gasteiger partial charge < -0.3 is 25.2 Å². The molecule has 1 heterocycles. The Hall–Kier alpha value is -2.98. The van der Waals surface area contributed by atoms with Gasteiger partial charge in [0.05, 0.1) is 19.7 Å². The van der Waals surface area contributed by atoms with Gasteiger partial charge in [0.2, 0.25) is 17.7 Å². The highest BCUT2D eigenvalue weighted by Gasteiger charge is 2.42. The van der Waals surface area contributed by atoms with Crippen LogP contribution in [-0.2, 0) is 29.3 Å². The van der Waals surface area contributed by atoms with Gasteiger partial charge in [0.1, 0.15) is 12.1 Å². The first-order valence-electron chi connectivity index (χ1n) is 15.3. The number of ether oxygens (including phenoxy) is 1. The SMILES string of the molecule is CNC(C(=O)N[C@H](C(=O)N(C)[C@H](CN(C)CC(=O)N1CCCC1C(=O)OC)C(C)C)C(C)(C)C)C(C)(C)c1ccccc1. The van der Waals surface area contributed by atoms with E-state index in [0.29, 0.717) is 19.5 Å². The Balaban J connectivity index is 2.20. The normalized spacial score (nSPS) is 17.9. The van der Waals surface area contributed by atoms with Gasteiger partial charge in [-0.3, -0.25) is 19.3 Å². The largest absolute Gasteiger partial charge is 0.467 e. The molecular formula is C33H55N5O5. The molecule has 4 atom stereocenters. The van der Waals surface area contributed by atoms with Crippen molar-refractivity contribution in [3.05, 3.63) is 35.9 Å². The van der Waals surface area contributed by atoms with Crippen LogP contribution in [0.15, 0.2) is 30.3 Å². The zero-order valence-corrected chi connectivity index (χ0v) is 28.2. The molecule has 0 saturated carbocycles. The third kappa shape index (κ3) is 9.01. The summed E-state index contributed by atoms with van der Waals surface area (Å²) in [5.41, 5.74) is -0.0715. The molecule has 1 fully saturated rings. The number of rotatable bonds is 13. The van der Waals surface area contributed by atoms with E-state index in [9.17, 15) is 19.2 Å². The number of amides is 3. The van der Waals surface area contributed by atoms with Crippen LogP contribution in [0, 0.1) is 11.3 Å². The lowest BCUT2D eigenvalue weighted by Crippen LogP contribution is -2.62. The average molecular weight is 602 g/mol. The van der Waals surface area contributed by atoms with Gasteiger partial charge in [-0.2, -0.15) is 0 Å². The van der Waals surface area contributed by atoms with Crippen LogP contribution in [-0.4, -0.2) is 110 Å². The first kappa shape index (κ1) is 36.2. The van der Waals surface area contributed by atoms with E-state index in [1.54, 1.807) is 23.9 Å². The summed E-state index contributed by atoms with van der Waals surface area (Å²) >= 11 is 0. The smallest absolute Gasteiger partial charge is 0.328 e. The van der Waals surface area contributed by atoms with Crippen LogP contribution in [0.1, 0.15) is 66.9 Å². The molecule has 0 bridgehead atoms. The first-order chi connectivity index (χ1) is 20.0. The summed E-state index contributed by atoms with van der Waals surface area (Å²) in [7, 11) is 6.72. The zero-order valence-electron chi connectivity index (χ0n) is 28.2. The number of nitrogens with one attached hydrogen (secondary N) is 2. The fourth-order valence-corrected chi connectivity index (χ4v) is 6.03. The molecule has 2 unspecified atom stereocenters. The van der Waals surface area contributed by atoms with E-state index < -0.39 is 29.0 Å². The van der Waals surface area contributed by atoms with Gasteiger partial charge in [0.25, 0.3) is 0 Å². The van der Waals surface area contributed by atoms with Crippen LogP contribution < -0.4 is 10.6 Å². The number of benzene rings is 1. The number of likely N-dealkylation sites (tertiary alicyclic amines) is 1. The molecule has 2 rings (SSSR count). The molecule has 3 amide bonds. The summed E-state index contributed by atoms with van der Waals surface area (Å²) in [5, 5.41) is 6.27. The minimum Gasteiger partial charge on any atom is -0.467 e. The molecule has 2 N–H and O–H groups in total. The van der Waals surface area contributed by atoms with Gasteiger partial charge >= 0.3 is 5.97 Å². The number of esters is 1. The lowest BCUT2D eigenvalue weighted by molar-refractivity contribution is -0.151. The number of likely N-dealkylation sites (N-methyl/N-ethyl adjacent to an activating group) is 3. The van der Waals surface area contributed by atoms with E-state index in [1.807, 2.05) is 90.7 Å². The number of carbonyl (C=O) groups excluding carboxylic acids is 4. The second-order valence-electron chi connectivity index (χ2n) is 13.8. The van der Waals surface area contributed by atoms with Crippen LogP contribution in [0.25, 0.3) is 0 Å². The van der Waals surface area contributed by atoms with Crippen LogP contribution in [0.4, 0.5) is 0 Å². The predicted molar refractivity (Wildman–Crippen MR) is 169 cm³/mol. The molecular weight excluding hydrogens is 546 g/mol. The lowest BCUT2D eigenvalue weighted by atomic mass is 9.76. The summed E-state index contributed by atoms with van der Waals surface area (Å²) < 4.78 is 4.89. The third-order valence-electron chi connectivity index (χ3n) is 8.75. The minimum atomic E-state index is -0.772. The minimum absolute atomic E-state index is 0.0829. The fourth-order valence-electron chi connectivity index (χ4n) is 6.03. The molecule has 10 heteroatoms. The molecule has 1 aromatic rings. The molecule has 0 radical (unpaired) electrons. The van der Waals surface area contributed by atoms with E-state index in [0.717, 1.165) is 12.0 Å². The van der Waals surface area contributed by atoms with Crippen molar-refractivity contribution < 1.29 is 23.9 Å². The molecule has 43 heavy (non-hydrogen) atoms. The van der Waals surface area contributed by atoms with Crippen molar-refractivity contribution in [3.8, 4) is 0 Å². The van der Waals surface area contributed by atoms with Crippen LogP contribution in [0.2, 0.25) is 0 Å². The van der Waals surface area contributed by atoms with Crippen LogP contribution in [0.5, 0.6) is 0 Å². The van der Waals surface area contributed by atoms with Gasteiger partial charge in [-0.05, 0) is 43.8 Å². The molecule has 1 aromatic carbocycles. The van der Waals surface area contributed by atoms with Gasteiger partial charge in [-0.15, -0.1) is 0 Å². The van der Waals surface area contributed by atoms with Crippen LogP contribution >= 0.6 is 0 Å². The maximum Gasteiger partial charge on any atom is 0.328 e. The van der Waals surface area contributed by atoms with Crippen molar-refractivity contribution >= 4 is 23.7 Å². The summed E-state index contributed by atoms with van der Waals surface area (Å²) in [5.74, 6) is -0.864. The van der Waals surface area contributed by atoms with Crippen molar-refractivity contribution in [2.45, 2.75) is 90.9 Å². The average Bonchev–Trinajstić information content (AvgIpc) is 3.44. The summed E-state index contributed by atoms with van der Waals surface area (Å²) in [6, 6.07) is 7.76. The lowest BCUT2D eigenvalue weighted by Gasteiger charge is -2.41. The molecule has 1 saturated heterocycles. The molecule has 1 aliphatic heterocycles. The number of hydrogen-bond donors (Lipinski definition) is 2. The third-order valence-corrected chi connectivity index (χ3v) is 8.75. The van der Waals surface area contributed by atoms with E-state index in [2.05, 4.69) is 10.6 Å². The summed E-state index contributed by atoms with van der Waals surface area (Å²) in [4.78, 5) is 58.4. The summed E-state index contributed by atoms with van der Waals surface area (Å²) in [6.07, 6.45) is 1.36. The van der Waals surface area contributed by atoms with Gasteiger partial charge in [-0.25, -0.2) is 4.79 Å². The van der Waals surface area contributed by atoms with Gasteiger partial charge in [0.15, 0.2) is 0 Å². The topological polar surface area (TPSA) is 111 Å². The molecule has 1 aliphatic rings. The summed E-state index contributed by atoms with van der Waals surface area (Å²) in [6.45, 7) is 15.1. The van der Waals surface area contributed by atoms with Gasteiger partial charge in [0, 0.05) is 31.6 Å². The Bertz CT molecular complexity index is 1100. The van der Waals surface area contributed by atoms with E-state index in [4.69, 9.17) is 4.74 Å². The van der Waals surface area contributed by atoms with Crippen LogP contribution in [0.3, 0.4) is 0 Å². The molecule has 0 aromatic heterocycles. The standard InChI is InChI=1S/C33H55N5O5/c1-22(2)25(20-36(9)21-26(39)38-19-15-18-24(38)31(42)43-11)37(10)30(41)28(32(3,4)5)35-29(40)27(34-8)33(6,7)23-16-13-12-14-17-23/h12-14,16-17,22,24-25,27-28,34H,15,18-21H2,1-11H3,(H,35,40)/t24?,25-,27?,28-/m1/s1. The maximum absolute atomic E-state index is 14.1.